The third-order valence-electron chi connectivity index (χ3n) is 5.30. The molecule has 2 aromatic heterocycles. The maximum Gasteiger partial charge on any atom is 0.260 e. The van der Waals surface area contributed by atoms with Crippen LogP contribution in [0.1, 0.15) is 35.2 Å². The molecule has 29 heavy (non-hydrogen) atoms. The highest BCUT2D eigenvalue weighted by Gasteiger charge is 2.22. The average molecular weight is 413 g/mol. The van der Waals surface area contributed by atoms with Gasteiger partial charge in [-0.05, 0) is 54.5 Å². The van der Waals surface area contributed by atoms with Crippen molar-refractivity contribution in [3.05, 3.63) is 44.3 Å². The lowest BCUT2D eigenvalue weighted by molar-refractivity contribution is 0.324. The second kappa shape index (κ2) is 7.91. The molecule has 1 aliphatic carbocycles. The summed E-state index contributed by atoms with van der Waals surface area (Å²) in [5, 5.41) is 0.766. The summed E-state index contributed by atoms with van der Waals surface area (Å²) in [7, 11) is 4.73. The maximum atomic E-state index is 12.7. The Kier molecular flexibility index (Phi) is 5.32. The molecule has 0 fully saturated rings. The van der Waals surface area contributed by atoms with E-state index in [4.69, 9.17) is 14.2 Å². The summed E-state index contributed by atoms with van der Waals surface area (Å²) in [6, 6.07) is 3.69. The lowest BCUT2D eigenvalue weighted by Crippen LogP contribution is -2.13. The number of nitrogens with zero attached hydrogens (tertiary/aromatic N) is 1. The molecule has 6 nitrogen and oxygen atoms in total. The van der Waals surface area contributed by atoms with Gasteiger partial charge in [0, 0.05) is 4.88 Å². The number of fused-ring (bicyclic) bond motifs is 3. The van der Waals surface area contributed by atoms with Gasteiger partial charge in [0.1, 0.15) is 10.7 Å². The van der Waals surface area contributed by atoms with Crippen molar-refractivity contribution in [3.63, 3.8) is 0 Å². The minimum Gasteiger partial charge on any atom is -0.493 e. The van der Waals surface area contributed by atoms with Gasteiger partial charge in [-0.15, -0.1) is 11.3 Å². The molecule has 0 bridgehead atoms. The Balaban J connectivity index is 1.71. The molecule has 152 valence electrons. The molecule has 0 amide bonds. The van der Waals surface area contributed by atoms with Gasteiger partial charge in [-0.1, -0.05) is 13.0 Å². The Labute approximate surface area is 173 Å². The molecule has 0 saturated carbocycles. The highest BCUT2D eigenvalue weighted by Crippen LogP contribution is 2.39. The molecule has 0 unspecified atom stereocenters. The molecule has 3 aromatic rings. The number of benzene rings is 1. The number of thiophene rings is 1. The van der Waals surface area contributed by atoms with Crippen LogP contribution >= 0.6 is 11.3 Å². The van der Waals surface area contributed by atoms with Crippen LogP contribution in [0, 0.1) is 5.92 Å². The van der Waals surface area contributed by atoms with Gasteiger partial charge in [-0.2, -0.15) is 0 Å². The van der Waals surface area contributed by atoms with Crippen LogP contribution in [-0.4, -0.2) is 31.3 Å². The largest absolute Gasteiger partial charge is 0.493 e. The smallest absolute Gasteiger partial charge is 0.260 e. The predicted molar refractivity (Wildman–Crippen MR) is 116 cm³/mol. The van der Waals surface area contributed by atoms with Gasteiger partial charge in [0.05, 0.1) is 26.7 Å². The Hall–Kier alpha value is -2.80. The molecule has 2 heterocycles. The summed E-state index contributed by atoms with van der Waals surface area (Å²) < 4.78 is 16.1. The number of aromatic nitrogens is 2. The van der Waals surface area contributed by atoms with E-state index in [-0.39, 0.29) is 5.56 Å². The summed E-state index contributed by atoms with van der Waals surface area (Å²) in [4.78, 5) is 22.5. The lowest BCUT2D eigenvalue weighted by atomic mass is 9.89. The molecular weight excluding hydrogens is 388 g/mol. The molecule has 0 aliphatic heterocycles. The number of nitrogens with one attached hydrogen (secondary N) is 1. The normalized spacial score (nSPS) is 16.2. The van der Waals surface area contributed by atoms with Gasteiger partial charge in [0.15, 0.2) is 11.5 Å². The summed E-state index contributed by atoms with van der Waals surface area (Å²) in [6.45, 7) is 2.26. The van der Waals surface area contributed by atoms with Gasteiger partial charge < -0.3 is 19.2 Å². The fraction of sp³-hybridized carbons (Fsp3) is 0.364. The Bertz CT molecular complexity index is 1120. The number of hydrogen-bond acceptors (Lipinski definition) is 6. The van der Waals surface area contributed by atoms with Crippen molar-refractivity contribution in [2.75, 3.05) is 21.3 Å². The van der Waals surface area contributed by atoms with Crippen LogP contribution in [0.25, 0.3) is 22.4 Å². The number of rotatable bonds is 5. The maximum absolute atomic E-state index is 12.7. The van der Waals surface area contributed by atoms with E-state index in [1.54, 1.807) is 38.7 Å². The van der Waals surface area contributed by atoms with E-state index in [1.165, 1.54) is 10.4 Å². The van der Waals surface area contributed by atoms with Crippen molar-refractivity contribution >= 4 is 33.7 Å². The van der Waals surface area contributed by atoms with E-state index >= 15 is 0 Å². The van der Waals surface area contributed by atoms with Crippen molar-refractivity contribution in [1.29, 1.82) is 0 Å². The van der Waals surface area contributed by atoms with Crippen molar-refractivity contribution in [2.24, 2.45) is 5.92 Å². The second-order valence-electron chi connectivity index (χ2n) is 7.28. The van der Waals surface area contributed by atoms with E-state index in [9.17, 15) is 4.79 Å². The molecule has 0 saturated heterocycles. The fourth-order valence-corrected chi connectivity index (χ4v) is 5.21. The third-order valence-corrected chi connectivity index (χ3v) is 6.45. The molecule has 0 spiro atoms. The SMILES string of the molecule is COc1cc(/C=C/c2nc3sc4c(c3c(=O)[nH]2)CC[C@@H](C)C4)cc(OC)c1OC. The van der Waals surface area contributed by atoms with Crippen molar-refractivity contribution < 1.29 is 14.2 Å². The predicted octanol–water partition coefficient (Wildman–Crippen LogP) is 4.31. The Morgan fingerprint density at radius 1 is 1.14 bits per heavy atom. The topological polar surface area (TPSA) is 73.4 Å². The summed E-state index contributed by atoms with van der Waals surface area (Å²) in [6.07, 6.45) is 6.78. The highest BCUT2D eigenvalue weighted by molar-refractivity contribution is 7.18. The number of aryl methyl sites for hydroxylation is 1. The fourth-order valence-electron chi connectivity index (χ4n) is 3.82. The molecule has 1 aromatic carbocycles. The van der Waals surface area contributed by atoms with E-state index < -0.39 is 0 Å². The average Bonchev–Trinajstić information content (AvgIpc) is 3.08. The van der Waals surface area contributed by atoms with Crippen LogP contribution in [-0.2, 0) is 12.8 Å². The monoisotopic (exact) mass is 412 g/mol. The number of methoxy groups -OCH3 is 3. The van der Waals surface area contributed by atoms with Crippen LogP contribution in [0.4, 0.5) is 0 Å². The molecule has 0 radical (unpaired) electrons. The van der Waals surface area contributed by atoms with E-state index in [0.29, 0.717) is 29.0 Å². The van der Waals surface area contributed by atoms with Gasteiger partial charge >= 0.3 is 0 Å². The zero-order valence-corrected chi connectivity index (χ0v) is 17.8. The summed E-state index contributed by atoms with van der Waals surface area (Å²) >= 11 is 1.65. The Morgan fingerprint density at radius 2 is 1.86 bits per heavy atom. The van der Waals surface area contributed by atoms with Gasteiger partial charge in [-0.25, -0.2) is 4.98 Å². The number of hydrogen-bond donors (Lipinski definition) is 1. The van der Waals surface area contributed by atoms with E-state index in [1.807, 2.05) is 18.2 Å². The van der Waals surface area contributed by atoms with E-state index in [0.717, 1.165) is 35.0 Å². The number of H-pyrrole nitrogens is 1. The molecule has 7 heteroatoms. The van der Waals surface area contributed by atoms with Crippen molar-refractivity contribution in [2.45, 2.75) is 26.2 Å². The van der Waals surface area contributed by atoms with Crippen molar-refractivity contribution in [1.82, 2.24) is 9.97 Å². The quantitative estimate of drug-likeness (QED) is 0.676. The zero-order chi connectivity index (χ0) is 20.5. The van der Waals surface area contributed by atoms with Gasteiger partial charge in [0.2, 0.25) is 5.75 Å². The second-order valence-corrected chi connectivity index (χ2v) is 8.36. The van der Waals surface area contributed by atoms with Gasteiger partial charge in [-0.3, -0.25) is 4.79 Å². The molecular formula is C22H24N2O4S. The molecule has 1 N–H and O–H groups in total. The van der Waals surface area contributed by atoms with Crippen LogP contribution in [0.15, 0.2) is 16.9 Å². The van der Waals surface area contributed by atoms with Crippen LogP contribution in [0.3, 0.4) is 0 Å². The third kappa shape index (κ3) is 3.62. The summed E-state index contributed by atoms with van der Waals surface area (Å²) in [5.74, 6) is 2.88. The highest BCUT2D eigenvalue weighted by atomic mass is 32.1. The Morgan fingerprint density at radius 3 is 2.52 bits per heavy atom. The van der Waals surface area contributed by atoms with Crippen LogP contribution in [0.2, 0.25) is 0 Å². The minimum atomic E-state index is -0.0633. The molecule has 1 aliphatic rings. The number of aromatic amines is 1. The summed E-state index contributed by atoms with van der Waals surface area (Å²) in [5.41, 5.74) is 1.98. The molecule has 1 atom stereocenters. The van der Waals surface area contributed by atoms with Crippen molar-refractivity contribution in [3.8, 4) is 17.2 Å². The van der Waals surface area contributed by atoms with Crippen LogP contribution < -0.4 is 19.8 Å². The van der Waals surface area contributed by atoms with Gasteiger partial charge in [0.25, 0.3) is 5.56 Å². The minimum absolute atomic E-state index is 0.0633. The lowest BCUT2D eigenvalue weighted by Gasteiger charge is -2.17. The standard InChI is InChI=1S/C22H24N2O4S/c1-12-5-7-14-17(9-12)29-22-19(14)21(25)23-18(24-22)8-6-13-10-15(26-2)20(28-4)16(11-13)27-3/h6,8,10-12H,5,7,9H2,1-4H3,(H,23,24,25)/b8-6+/t12-/m1/s1. The van der Waals surface area contributed by atoms with Crippen LogP contribution in [0.5, 0.6) is 17.2 Å². The first kappa shape index (κ1) is 19.5. The number of ether oxygens (including phenoxy) is 3. The van der Waals surface area contributed by atoms with E-state index in [2.05, 4.69) is 16.9 Å². The first-order chi connectivity index (χ1) is 14.0. The zero-order valence-electron chi connectivity index (χ0n) is 17.0. The first-order valence-corrected chi connectivity index (χ1v) is 10.4. The molecule has 4 rings (SSSR count). The first-order valence-electron chi connectivity index (χ1n) is 9.56.